The molecule has 2 aromatic carbocycles. The molecule has 2 rings (SSSR count). The van der Waals surface area contributed by atoms with E-state index >= 15 is 0 Å². The Kier molecular flexibility index (Phi) is 6.86. The van der Waals surface area contributed by atoms with Crippen molar-refractivity contribution < 1.29 is 26.3 Å². The molecule has 0 aliphatic rings. The first kappa shape index (κ1) is 22.7. The standard InChI is InChI=1S/C20H14Br2F6/c1-3-11-4-5-13(8-14(11)19(2,24)25)18(23)10-15(20(26,27)28)12-6-7-16(21)17(22)9-12/h3-10,15H,1H2,2H3/b18-10-. The first-order valence-corrected chi connectivity index (χ1v) is 9.47. The molecule has 0 radical (unpaired) electrons. The molecule has 0 aromatic heterocycles. The van der Waals surface area contributed by atoms with Gasteiger partial charge in [0.2, 0.25) is 0 Å². The van der Waals surface area contributed by atoms with Gasteiger partial charge in [0.25, 0.3) is 5.92 Å². The van der Waals surface area contributed by atoms with E-state index in [9.17, 15) is 26.3 Å². The van der Waals surface area contributed by atoms with Gasteiger partial charge in [0, 0.05) is 27.0 Å². The summed E-state index contributed by atoms with van der Waals surface area (Å²) in [6, 6.07) is 7.01. The molecule has 0 nitrogen and oxygen atoms in total. The highest BCUT2D eigenvalue weighted by molar-refractivity contribution is 9.13. The number of alkyl halides is 5. The molecule has 1 unspecified atom stereocenters. The van der Waals surface area contributed by atoms with Crippen LogP contribution in [0, 0.1) is 0 Å². The Hall–Kier alpha value is -1.54. The lowest BCUT2D eigenvalue weighted by Gasteiger charge is -2.19. The molecular weight excluding hydrogens is 514 g/mol. The van der Waals surface area contributed by atoms with E-state index in [1.165, 1.54) is 30.3 Å². The van der Waals surface area contributed by atoms with Crippen molar-refractivity contribution in [2.75, 3.05) is 0 Å². The first-order valence-electron chi connectivity index (χ1n) is 7.88. The Labute approximate surface area is 175 Å². The minimum Gasteiger partial charge on any atom is -0.207 e. The van der Waals surface area contributed by atoms with Gasteiger partial charge in [-0.15, -0.1) is 0 Å². The van der Waals surface area contributed by atoms with Crippen molar-refractivity contribution in [3.8, 4) is 0 Å². The van der Waals surface area contributed by atoms with Crippen LogP contribution in [0.4, 0.5) is 26.3 Å². The van der Waals surface area contributed by atoms with E-state index in [2.05, 4.69) is 38.4 Å². The largest absolute Gasteiger partial charge is 0.399 e. The van der Waals surface area contributed by atoms with E-state index in [4.69, 9.17) is 0 Å². The molecule has 0 aliphatic heterocycles. The highest BCUT2D eigenvalue weighted by Gasteiger charge is 2.40. The number of hydrogen-bond acceptors (Lipinski definition) is 0. The molecule has 150 valence electrons. The zero-order valence-electron chi connectivity index (χ0n) is 14.4. The van der Waals surface area contributed by atoms with Crippen LogP contribution < -0.4 is 0 Å². The summed E-state index contributed by atoms with van der Waals surface area (Å²) < 4.78 is 83.7. The summed E-state index contributed by atoms with van der Waals surface area (Å²) in [5.41, 5.74) is -0.999. The molecule has 0 saturated carbocycles. The molecule has 0 saturated heterocycles. The number of halogens is 8. The molecule has 0 amide bonds. The summed E-state index contributed by atoms with van der Waals surface area (Å²) in [4.78, 5) is 0. The van der Waals surface area contributed by atoms with E-state index in [-0.39, 0.29) is 16.7 Å². The minimum absolute atomic E-state index is 0.0771. The van der Waals surface area contributed by atoms with Crippen LogP contribution in [0.1, 0.15) is 35.1 Å². The Bertz CT molecular complexity index is 910. The Morgan fingerprint density at radius 1 is 1.00 bits per heavy atom. The maximum absolute atomic E-state index is 14.7. The average Bonchev–Trinajstić information content (AvgIpc) is 2.59. The van der Waals surface area contributed by atoms with Gasteiger partial charge in [0.15, 0.2) is 0 Å². The summed E-state index contributed by atoms with van der Waals surface area (Å²) in [5.74, 6) is -6.80. The first-order chi connectivity index (χ1) is 12.8. The molecule has 0 N–H and O–H groups in total. The molecule has 0 fully saturated rings. The molecular formula is C20H14Br2F6. The maximum atomic E-state index is 14.7. The highest BCUT2D eigenvalue weighted by Crippen LogP contribution is 2.41. The topological polar surface area (TPSA) is 0 Å². The second kappa shape index (κ2) is 8.45. The van der Waals surface area contributed by atoms with Crippen molar-refractivity contribution >= 4 is 43.8 Å². The van der Waals surface area contributed by atoms with Crippen LogP contribution in [0.25, 0.3) is 11.9 Å². The number of hydrogen-bond donors (Lipinski definition) is 0. The van der Waals surface area contributed by atoms with Crippen molar-refractivity contribution in [1.82, 2.24) is 0 Å². The van der Waals surface area contributed by atoms with Crippen molar-refractivity contribution in [2.24, 2.45) is 0 Å². The molecule has 2 aromatic rings. The van der Waals surface area contributed by atoms with Crippen LogP contribution in [0.15, 0.2) is 58.0 Å². The molecule has 8 heteroatoms. The van der Waals surface area contributed by atoms with Crippen molar-refractivity contribution in [1.29, 1.82) is 0 Å². The zero-order chi connectivity index (χ0) is 21.3. The van der Waals surface area contributed by atoms with Crippen LogP contribution in [-0.2, 0) is 5.92 Å². The van der Waals surface area contributed by atoms with Gasteiger partial charge in [-0.2, -0.15) is 13.2 Å². The lowest BCUT2D eigenvalue weighted by Crippen LogP contribution is -2.19. The SMILES string of the molecule is C=Cc1ccc(/C(F)=C/C(c2ccc(Br)c(Br)c2)C(F)(F)F)cc1C(C)(F)F. The van der Waals surface area contributed by atoms with Crippen molar-refractivity contribution in [2.45, 2.75) is 24.9 Å². The molecule has 1 atom stereocenters. The van der Waals surface area contributed by atoms with Gasteiger partial charge in [-0.25, -0.2) is 13.2 Å². The summed E-state index contributed by atoms with van der Waals surface area (Å²) in [5, 5.41) is 0. The normalized spacial score (nSPS) is 14.1. The van der Waals surface area contributed by atoms with Gasteiger partial charge in [-0.3, -0.25) is 0 Å². The maximum Gasteiger partial charge on any atom is 0.399 e. The minimum atomic E-state index is -4.77. The predicted octanol–water partition coefficient (Wildman–Crippen LogP) is 8.62. The molecule has 0 bridgehead atoms. The van der Waals surface area contributed by atoms with Gasteiger partial charge >= 0.3 is 6.18 Å². The zero-order valence-corrected chi connectivity index (χ0v) is 17.6. The number of allylic oxidation sites excluding steroid dienone is 1. The smallest absolute Gasteiger partial charge is 0.207 e. The van der Waals surface area contributed by atoms with Gasteiger partial charge in [-0.1, -0.05) is 30.9 Å². The fourth-order valence-corrected chi connectivity index (χ4v) is 3.23. The van der Waals surface area contributed by atoms with E-state index in [1.54, 1.807) is 0 Å². The van der Waals surface area contributed by atoms with E-state index in [0.717, 1.165) is 12.1 Å². The van der Waals surface area contributed by atoms with Gasteiger partial charge in [-0.05, 0) is 67.3 Å². The highest BCUT2D eigenvalue weighted by atomic mass is 79.9. The van der Waals surface area contributed by atoms with E-state index in [1.807, 2.05) is 0 Å². The van der Waals surface area contributed by atoms with Gasteiger partial charge in [0.05, 0.1) is 0 Å². The third kappa shape index (κ3) is 5.29. The van der Waals surface area contributed by atoms with Crippen LogP contribution in [-0.4, -0.2) is 6.18 Å². The Balaban J connectivity index is 2.56. The molecule has 0 spiro atoms. The third-order valence-electron chi connectivity index (χ3n) is 3.99. The van der Waals surface area contributed by atoms with Gasteiger partial charge < -0.3 is 0 Å². The van der Waals surface area contributed by atoms with E-state index < -0.39 is 29.4 Å². The second-order valence-corrected chi connectivity index (χ2v) is 7.81. The number of rotatable bonds is 5. The van der Waals surface area contributed by atoms with Crippen LogP contribution >= 0.6 is 31.9 Å². The fourth-order valence-electron chi connectivity index (χ4n) is 2.59. The fraction of sp³-hybridized carbons (Fsp3) is 0.200. The Morgan fingerprint density at radius 3 is 2.14 bits per heavy atom. The van der Waals surface area contributed by atoms with Crippen molar-refractivity contribution in [3.05, 3.63) is 80.3 Å². The monoisotopic (exact) mass is 526 g/mol. The van der Waals surface area contributed by atoms with Crippen molar-refractivity contribution in [3.63, 3.8) is 0 Å². The molecule has 28 heavy (non-hydrogen) atoms. The summed E-state index contributed by atoms with van der Waals surface area (Å²) >= 11 is 6.28. The van der Waals surface area contributed by atoms with Crippen LogP contribution in [0.2, 0.25) is 0 Å². The lowest BCUT2D eigenvalue weighted by atomic mass is 9.95. The van der Waals surface area contributed by atoms with Crippen LogP contribution in [0.3, 0.4) is 0 Å². The third-order valence-corrected chi connectivity index (χ3v) is 5.87. The summed E-state index contributed by atoms with van der Waals surface area (Å²) in [6.07, 6.45) is -3.21. The summed E-state index contributed by atoms with van der Waals surface area (Å²) in [6.45, 7) is 4.04. The van der Waals surface area contributed by atoms with E-state index in [0.29, 0.717) is 21.9 Å². The number of benzene rings is 2. The predicted molar refractivity (Wildman–Crippen MR) is 106 cm³/mol. The van der Waals surface area contributed by atoms with Crippen LogP contribution in [0.5, 0.6) is 0 Å². The Morgan fingerprint density at radius 2 is 1.64 bits per heavy atom. The molecule has 0 heterocycles. The quantitative estimate of drug-likeness (QED) is 0.341. The average molecular weight is 528 g/mol. The second-order valence-electron chi connectivity index (χ2n) is 6.10. The molecule has 0 aliphatic carbocycles. The summed E-state index contributed by atoms with van der Waals surface area (Å²) in [7, 11) is 0. The lowest BCUT2D eigenvalue weighted by molar-refractivity contribution is -0.139. The van der Waals surface area contributed by atoms with Gasteiger partial charge in [0.1, 0.15) is 11.7 Å².